The van der Waals surface area contributed by atoms with Gasteiger partial charge in [-0.1, -0.05) is 26.7 Å². The van der Waals surface area contributed by atoms with Crippen molar-refractivity contribution < 1.29 is 38.0 Å². The van der Waals surface area contributed by atoms with Crippen molar-refractivity contribution in [3.05, 3.63) is 34.6 Å². The summed E-state index contributed by atoms with van der Waals surface area (Å²) in [6.07, 6.45) is 5.42. The zero-order chi connectivity index (χ0) is 24.8. The Balaban J connectivity index is 2.13. The van der Waals surface area contributed by atoms with Gasteiger partial charge in [-0.2, -0.15) is 0 Å². The number of ether oxygens (including phenoxy) is 6. The Morgan fingerprint density at radius 1 is 0.853 bits per heavy atom. The second-order valence-electron chi connectivity index (χ2n) is 8.08. The van der Waals surface area contributed by atoms with Crippen molar-refractivity contribution in [2.75, 3.05) is 52.9 Å². The predicted molar refractivity (Wildman–Crippen MR) is 125 cm³/mol. The lowest BCUT2D eigenvalue weighted by Gasteiger charge is -2.32. The number of carbonyl (C=O) groups is 2. The minimum absolute atomic E-state index is 0.111. The zero-order valence-corrected chi connectivity index (χ0v) is 20.9. The van der Waals surface area contributed by atoms with Crippen molar-refractivity contribution >= 4 is 11.9 Å². The molecule has 0 aromatic carbocycles. The second kappa shape index (κ2) is 15.4. The third-order valence-corrected chi connectivity index (χ3v) is 5.36. The number of hydrogen-bond acceptors (Lipinski definition) is 9. The summed E-state index contributed by atoms with van der Waals surface area (Å²) < 4.78 is 33.1. The summed E-state index contributed by atoms with van der Waals surface area (Å²) >= 11 is 0. The van der Waals surface area contributed by atoms with Crippen LogP contribution in [0.15, 0.2) is 34.6 Å². The van der Waals surface area contributed by atoms with Crippen LogP contribution in [0.3, 0.4) is 0 Å². The van der Waals surface area contributed by atoms with E-state index in [0.717, 1.165) is 25.7 Å². The normalized spacial score (nSPS) is 16.4. The molecule has 0 atom stereocenters. The first-order valence-corrected chi connectivity index (χ1v) is 12.1. The van der Waals surface area contributed by atoms with E-state index in [4.69, 9.17) is 28.4 Å². The molecule has 0 bridgehead atoms. The van der Waals surface area contributed by atoms with E-state index in [0.29, 0.717) is 56.8 Å². The fraction of sp³-hybridized carbons (Fsp3) is 0.680. The molecular formula is C25H39NO8. The zero-order valence-electron chi connectivity index (χ0n) is 20.9. The number of nitrogens with one attached hydrogen (secondary N) is 1. The summed E-state index contributed by atoms with van der Waals surface area (Å²) in [5, 5.41) is 3.12. The third kappa shape index (κ3) is 8.36. The van der Waals surface area contributed by atoms with Crippen LogP contribution in [0, 0.1) is 5.92 Å². The third-order valence-electron chi connectivity index (χ3n) is 5.36. The Hall–Kier alpha value is -2.52. The van der Waals surface area contributed by atoms with Crippen LogP contribution in [0.2, 0.25) is 0 Å². The SMILES string of the molecule is CCCCOCCOC(=O)C1=C(C)NC(C)=C(C(=O)OCCOCCCC)C1C1=COCCO1. The Morgan fingerprint density at radius 3 is 1.82 bits per heavy atom. The van der Waals surface area contributed by atoms with Crippen LogP contribution in [0.4, 0.5) is 0 Å². The molecule has 0 saturated heterocycles. The highest BCUT2D eigenvalue weighted by Crippen LogP contribution is 2.37. The maximum Gasteiger partial charge on any atom is 0.336 e. The topological polar surface area (TPSA) is 102 Å². The average Bonchev–Trinajstić information content (AvgIpc) is 2.83. The van der Waals surface area contributed by atoms with Gasteiger partial charge >= 0.3 is 11.9 Å². The summed E-state index contributed by atoms with van der Waals surface area (Å²) in [6, 6.07) is 0. The van der Waals surface area contributed by atoms with Gasteiger partial charge in [0.1, 0.15) is 38.4 Å². The van der Waals surface area contributed by atoms with E-state index in [1.54, 1.807) is 13.8 Å². The van der Waals surface area contributed by atoms with E-state index < -0.39 is 17.9 Å². The molecule has 2 heterocycles. The maximum absolute atomic E-state index is 13.1. The van der Waals surface area contributed by atoms with Gasteiger partial charge in [0.25, 0.3) is 0 Å². The van der Waals surface area contributed by atoms with Gasteiger partial charge in [0.15, 0.2) is 0 Å². The second-order valence-corrected chi connectivity index (χ2v) is 8.08. The van der Waals surface area contributed by atoms with E-state index in [9.17, 15) is 9.59 Å². The molecule has 2 rings (SSSR count). The van der Waals surface area contributed by atoms with Crippen LogP contribution in [-0.2, 0) is 38.0 Å². The summed E-state index contributed by atoms with van der Waals surface area (Å²) in [5.41, 5.74) is 1.71. The Morgan fingerprint density at radius 2 is 1.38 bits per heavy atom. The van der Waals surface area contributed by atoms with E-state index >= 15 is 0 Å². The van der Waals surface area contributed by atoms with Gasteiger partial charge in [-0.3, -0.25) is 0 Å². The van der Waals surface area contributed by atoms with Crippen LogP contribution >= 0.6 is 0 Å². The molecule has 0 aromatic heterocycles. The first-order chi connectivity index (χ1) is 16.5. The van der Waals surface area contributed by atoms with Crippen LogP contribution in [0.25, 0.3) is 0 Å². The Bertz CT molecular complexity index is 721. The molecule has 0 saturated carbocycles. The first kappa shape index (κ1) is 27.7. The lowest BCUT2D eigenvalue weighted by Crippen LogP contribution is -2.36. The van der Waals surface area contributed by atoms with Crippen molar-refractivity contribution in [1.82, 2.24) is 5.32 Å². The molecule has 9 heteroatoms. The standard InChI is InChI=1S/C25H39NO8/c1-5-7-9-29-11-15-33-24(27)21-18(3)26-19(4)22(23(21)20-17-31-13-14-32-20)25(28)34-16-12-30-10-8-6-2/h17,23,26H,5-16H2,1-4H3. The minimum Gasteiger partial charge on any atom is -0.494 e. The van der Waals surface area contributed by atoms with Crippen molar-refractivity contribution in [2.45, 2.75) is 53.4 Å². The van der Waals surface area contributed by atoms with Crippen LogP contribution in [0.5, 0.6) is 0 Å². The number of dihydropyridines is 1. The van der Waals surface area contributed by atoms with Crippen LogP contribution < -0.4 is 5.32 Å². The smallest absolute Gasteiger partial charge is 0.336 e. The molecule has 0 spiro atoms. The van der Waals surface area contributed by atoms with E-state index in [1.807, 2.05) is 0 Å². The fourth-order valence-electron chi connectivity index (χ4n) is 3.59. The average molecular weight is 482 g/mol. The highest BCUT2D eigenvalue weighted by molar-refractivity contribution is 5.98. The number of hydrogen-bond donors (Lipinski definition) is 1. The summed E-state index contributed by atoms with van der Waals surface area (Å²) in [5.74, 6) is -1.54. The Labute approximate surface area is 202 Å². The molecule has 0 radical (unpaired) electrons. The number of carbonyl (C=O) groups excluding carboxylic acids is 2. The maximum atomic E-state index is 13.1. The molecule has 2 aliphatic heterocycles. The molecule has 0 aliphatic carbocycles. The van der Waals surface area contributed by atoms with Gasteiger partial charge < -0.3 is 33.7 Å². The van der Waals surface area contributed by atoms with Gasteiger partial charge in [-0.15, -0.1) is 0 Å². The fourth-order valence-corrected chi connectivity index (χ4v) is 3.59. The highest BCUT2D eigenvalue weighted by atomic mass is 16.6. The minimum atomic E-state index is -0.802. The van der Waals surface area contributed by atoms with Crippen LogP contribution in [-0.4, -0.2) is 64.8 Å². The number of rotatable bonds is 15. The first-order valence-electron chi connectivity index (χ1n) is 12.1. The molecule has 0 fully saturated rings. The van der Waals surface area contributed by atoms with Crippen LogP contribution in [0.1, 0.15) is 53.4 Å². The van der Waals surface area contributed by atoms with Crippen molar-refractivity contribution in [2.24, 2.45) is 5.92 Å². The summed E-state index contributed by atoms with van der Waals surface area (Å²) in [7, 11) is 0. The quantitative estimate of drug-likeness (QED) is 0.279. The van der Waals surface area contributed by atoms with Gasteiger partial charge in [0.2, 0.25) is 0 Å². The number of esters is 2. The molecule has 0 aromatic rings. The molecule has 34 heavy (non-hydrogen) atoms. The summed E-state index contributed by atoms with van der Waals surface area (Å²) in [6.45, 7) is 10.5. The number of allylic oxidation sites excluding steroid dienone is 3. The van der Waals surface area contributed by atoms with Crippen molar-refractivity contribution in [3.63, 3.8) is 0 Å². The molecule has 2 aliphatic rings. The van der Waals surface area contributed by atoms with Gasteiger partial charge in [-0.25, -0.2) is 9.59 Å². The number of unbranched alkanes of at least 4 members (excludes halogenated alkanes) is 2. The Kier molecular flexibility index (Phi) is 12.6. The molecule has 9 nitrogen and oxygen atoms in total. The monoisotopic (exact) mass is 481 g/mol. The highest BCUT2D eigenvalue weighted by Gasteiger charge is 2.41. The van der Waals surface area contributed by atoms with Crippen molar-refractivity contribution in [1.29, 1.82) is 0 Å². The molecule has 0 amide bonds. The molecule has 0 unspecified atom stereocenters. The van der Waals surface area contributed by atoms with Gasteiger partial charge in [0.05, 0.1) is 30.3 Å². The summed E-state index contributed by atoms with van der Waals surface area (Å²) in [4.78, 5) is 26.2. The molecule has 1 N–H and O–H groups in total. The van der Waals surface area contributed by atoms with E-state index in [1.165, 1.54) is 6.26 Å². The van der Waals surface area contributed by atoms with E-state index in [-0.39, 0.29) is 24.4 Å². The largest absolute Gasteiger partial charge is 0.494 e. The lowest BCUT2D eigenvalue weighted by molar-refractivity contribution is -0.142. The lowest BCUT2D eigenvalue weighted by atomic mass is 9.84. The van der Waals surface area contributed by atoms with Gasteiger partial charge in [-0.05, 0) is 26.7 Å². The van der Waals surface area contributed by atoms with Crippen molar-refractivity contribution in [3.8, 4) is 0 Å². The molecule has 192 valence electrons. The van der Waals surface area contributed by atoms with E-state index in [2.05, 4.69) is 19.2 Å². The predicted octanol–water partition coefficient (Wildman–Crippen LogP) is 3.36. The molecular weight excluding hydrogens is 442 g/mol. The van der Waals surface area contributed by atoms with Gasteiger partial charge in [0, 0.05) is 24.6 Å².